The summed E-state index contributed by atoms with van der Waals surface area (Å²) in [6, 6.07) is 16.0. The van der Waals surface area contributed by atoms with E-state index in [0.717, 1.165) is 23.2 Å². The third-order valence-electron chi connectivity index (χ3n) is 3.02. The molecule has 2 N–H and O–H groups in total. The molecule has 0 spiro atoms. The SMILES string of the molecule is Cc1cc(C)cc(NC(=O)NCCc2ccccc2)c1. The number of anilines is 1. The average molecular weight is 268 g/mol. The minimum absolute atomic E-state index is 0.161. The highest BCUT2D eigenvalue weighted by molar-refractivity contribution is 5.89. The predicted octanol–water partition coefficient (Wildman–Crippen LogP) is 3.67. The summed E-state index contributed by atoms with van der Waals surface area (Å²) in [6.07, 6.45) is 0.834. The Morgan fingerprint density at radius 1 is 1.00 bits per heavy atom. The maximum atomic E-state index is 11.8. The van der Waals surface area contributed by atoms with Gasteiger partial charge in [0, 0.05) is 12.2 Å². The Hall–Kier alpha value is -2.29. The molecule has 0 atom stereocenters. The summed E-state index contributed by atoms with van der Waals surface area (Å²) in [7, 11) is 0. The van der Waals surface area contributed by atoms with Crippen LogP contribution in [0.3, 0.4) is 0 Å². The molecule has 0 aliphatic carbocycles. The van der Waals surface area contributed by atoms with Crippen LogP contribution in [0, 0.1) is 13.8 Å². The Morgan fingerprint density at radius 2 is 1.65 bits per heavy atom. The van der Waals surface area contributed by atoms with Crippen LogP contribution in [-0.4, -0.2) is 12.6 Å². The maximum absolute atomic E-state index is 11.8. The zero-order valence-corrected chi connectivity index (χ0v) is 11.9. The summed E-state index contributed by atoms with van der Waals surface area (Å²) < 4.78 is 0. The fourth-order valence-corrected chi connectivity index (χ4v) is 2.19. The standard InChI is InChI=1S/C17H20N2O/c1-13-10-14(2)12-16(11-13)19-17(20)18-9-8-15-6-4-3-5-7-15/h3-7,10-12H,8-9H2,1-2H3,(H2,18,19,20). The van der Waals surface area contributed by atoms with E-state index in [2.05, 4.69) is 28.8 Å². The van der Waals surface area contributed by atoms with Crippen molar-refractivity contribution in [2.24, 2.45) is 0 Å². The topological polar surface area (TPSA) is 41.1 Å². The molecule has 2 rings (SSSR count). The second-order valence-electron chi connectivity index (χ2n) is 4.99. The van der Waals surface area contributed by atoms with Gasteiger partial charge in [0.15, 0.2) is 0 Å². The summed E-state index contributed by atoms with van der Waals surface area (Å²) in [5.41, 5.74) is 4.34. The number of benzene rings is 2. The van der Waals surface area contributed by atoms with E-state index in [4.69, 9.17) is 0 Å². The van der Waals surface area contributed by atoms with Gasteiger partial charge < -0.3 is 10.6 Å². The molecule has 2 amide bonds. The van der Waals surface area contributed by atoms with Crippen LogP contribution in [0.15, 0.2) is 48.5 Å². The van der Waals surface area contributed by atoms with Crippen molar-refractivity contribution in [1.29, 1.82) is 0 Å². The zero-order valence-electron chi connectivity index (χ0n) is 11.9. The quantitative estimate of drug-likeness (QED) is 0.872. The third-order valence-corrected chi connectivity index (χ3v) is 3.02. The second kappa shape index (κ2) is 6.75. The lowest BCUT2D eigenvalue weighted by molar-refractivity contribution is 0.252. The monoisotopic (exact) mass is 268 g/mol. The van der Waals surface area contributed by atoms with Gasteiger partial charge in [-0.3, -0.25) is 0 Å². The van der Waals surface area contributed by atoms with Crippen molar-refractivity contribution < 1.29 is 4.79 Å². The van der Waals surface area contributed by atoms with Gasteiger partial charge in [-0.1, -0.05) is 36.4 Å². The van der Waals surface area contributed by atoms with Gasteiger partial charge >= 0.3 is 6.03 Å². The molecule has 0 radical (unpaired) electrons. The van der Waals surface area contributed by atoms with Crippen molar-refractivity contribution in [3.05, 3.63) is 65.2 Å². The molecule has 20 heavy (non-hydrogen) atoms. The van der Waals surface area contributed by atoms with Gasteiger partial charge in [-0.2, -0.15) is 0 Å². The van der Waals surface area contributed by atoms with Crippen molar-refractivity contribution in [3.63, 3.8) is 0 Å². The minimum atomic E-state index is -0.161. The number of hydrogen-bond donors (Lipinski definition) is 2. The van der Waals surface area contributed by atoms with E-state index in [1.54, 1.807) is 0 Å². The van der Waals surface area contributed by atoms with Crippen molar-refractivity contribution in [1.82, 2.24) is 5.32 Å². The van der Waals surface area contributed by atoms with E-state index in [-0.39, 0.29) is 6.03 Å². The van der Waals surface area contributed by atoms with Gasteiger partial charge in [-0.15, -0.1) is 0 Å². The van der Waals surface area contributed by atoms with Crippen LogP contribution < -0.4 is 10.6 Å². The molecule has 0 aliphatic rings. The van der Waals surface area contributed by atoms with E-state index in [1.165, 1.54) is 5.56 Å². The lowest BCUT2D eigenvalue weighted by Gasteiger charge is -2.09. The van der Waals surface area contributed by atoms with Gasteiger partial charge in [0.25, 0.3) is 0 Å². The summed E-state index contributed by atoms with van der Waals surface area (Å²) in [5.74, 6) is 0. The number of rotatable bonds is 4. The van der Waals surface area contributed by atoms with Crippen LogP contribution >= 0.6 is 0 Å². The fourth-order valence-electron chi connectivity index (χ4n) is 2.19. The number of carbonyl (C=O) groups excluding carboxylic acids is 1. The number of hydrogen-bond acceptors (Lipinski definition) is 1. The number of amides is 2. The van der Waals surface area contributed by atoms with Crippen molar-refractivity contribution in [2.45, 2.75) is 20.3 Å². The largest absolute Gasteiger partial charge is 0.338 e. The fraction of sp³-hybridized carbons (Fsp3) is 0.235. The third kappa shape index (κ3) is 4.43. The Kier molecular flexibility index (Phi) is 4.77. The van der Waals surface area contributed by atoms with E-state index in [9.17, 15) is 4.79 Å². The van der Waals surface area contributed by atoms with Gasteiger partial charge in [-0.25, -0.2) is 4.79 Å². The van der Waals surface area contributed by atoms with Crippen molar-refractivity contribution in [3.8, 4) is 0 Å². The Labute approximate surface area is 120 Å². The Bertz CT molecular complexity index is 559. The maximum Gasteiger partial charge on any atom is 0.319 e. The lowest BCUT2D eigenvalue weighted by atomic mass is 10.1. The van der Waals surface area contributed by atoms with E-state index in [1.807, 2.05) is 44.2 Å². The molecule has 0 heterocycles. The second-order valence-corrected chi connectivity index (χ2v) is 4.99. The normalized spacial score (nSPS) is 10.1. The Balaban J connectivity index is 1.81. The number of urea groups is 1. The van der Waals surface area contributed by atoms with Crippen LogP contribution in [0.25, 0.3) is 0 Å². The molecular weight excluding hydrogens is 248 g/mol. The molecule has 0 saturated heterocycles. The molecule has 0 aliphatic heterocycles. The smallest absolute Gasteiger partial charge is 0.319 e. The first-order valence-corrected chi connectivity index (χ1v) is 6.80. The summed E-state index contributed by atoms with van der Waals surface area (Å²) in [4.78, 5) is 11.8. The molecule has 104 valence electrons. The van der Waals surface area contributed by atoms with E-state index < -0.39 is 0 Å². The Morgan fingerprint density at radius 3 is 2.30 bits per heavy atom. The first-order chi connectivity index (χ1) is 9.63. The predicted molar refractivity (Wildman–Crippen MR) is 83.1 cm³/mol. The van der Waals surface area contributed by atoms with Crippen molar-refractivity contribution >= 4 is 11.7 Å². The van der Waals surface area contributed by atoms with Gasteiger partial charge in [-0.05, 0) is 49.1 Å². The lowest BCUT2D eigenvalue weighted by Crippen LogP contribution is -2.30. The van der Waals surface area contributed by atoms with Crippen LogP contribution in [0.4, 0.5) is 10.5 Å². The molecule has 2 aromatic rings. The molecule has 3 nitrogen and oxygen atoms in total. The van der Waals surface area contributed by atoms with E-state index in [0.29, 0.717) is 6.54 Å². The molecule has 3 heteroatoms. The summed E-state index contributed by atoms with van der Waals surface area (Å²) in [6.45, 7) is 4.66. The molecule has 2 aromatic carbocycles. The van der Waals surface area contributed by atoms with Gasteiger partial charge in [0.2, 0.25) is 0 Å². The highest BCUT2D eigenvalue weighted by Crippen LogP contribution is 2.13. The number of aryl methyl sites for hydroxylation is 2. The minimum Gasteiger partial charge on any atom is -0.338 e. The number of nitrogens with one attached hydrogen (secondary N) is 2. The number of carbonyl (C=O) groups is 1. The van der Waals surface area contributed by atoms with Crippen LogP contribution in [0.1, 0.15) is 16.7 Å². The molecule has 0 bridgehead atoms. The first-order valence-electron chi connectivity index (χ1n) is 6.80. The van der Waals surface area contributed by atoms with Crippen LogP contribution in [-0.2, 0) is 6.42 Å². The molecule has 0 aromatic heterocycles. The zero-order chi connectivity index (χ0) is 14.4. The first kappa shape index (κ1) is 14.1. The molecule has 0 fully saturated rings. The highest BCUT2D eigenvalue weighted by Gasteiger charge is 2.02. The van der Waals surface area contributed by atoms with Gasteiger partial charge in [0.1, 0.15) is 0 Å². The molecule has 0 unspecified atom stereocenters. The average Bonchev–Trinajstić information content (AvgIpc) is 2.38. The summed E-state index contributed by atoms with van der Waals surface area (Å²) >= 11 is 0. The highest BCUT2D eigenvalue weighted by atomic mass is 16.2. The van der Waals surface area contributed by atoms with Crippen LogP contribution in [0.2, 0.25) is 0 Å². The van der Waals surface area contributed by atoms with Crippen LogP contribution in [0.5, 0.6) is 0 Å². The van der Waals surface area contributed by atoms with E-state index >= 15 is 0 Å². The van der Waals surface area contributed by atoms with Crippen molar-refractivity contribution in [2.75, 3.05) is 11.9 Å². The molecular formula is C17H20N2O. The summed E-state index contributed by atoms with van der Waals surface area (Å²) in [5, 5.41) is 5.73. The molecule has 0 saturated carbocycles. The van der Waals surface area contributed by atoms with Gasteiger partial charge in [0.05, 0.1) is 0 Å².